The van der Waals surface area contributed by atoms with E-state index in [0.29, 0.717) is 6.42 Å². The molecule has 136 valence electrons. The molecule has 1 saturated carbocycles. The van der Waals surface area contributed by atoms with Crippen molar-refractivity contribution in [2.24, 2.45) is 5.92 Å². The van der Waals surface area contributed by atoms with Crippen molar-refractivity contribution in [2.45, 2.75) is 50.0 Å². The number of aliphatic hydroxyl groups is 1. The third-order valence-electron chi connectivity index (χ3n) is 6.18. The van der Waals surface area contributed by atoms with E-state index in [9.17, 15) is 9.90 Å². The first-order valence-corrected chi connectivity index (χ1v) is 9.79. The Labute approximate surface area is 155 Å². The Morgan fingerprint density at radius 2 is 1.92 bits per heavy atom. The summed E-state index contributed by atoms with van der Waals surface area (Å²) < 4.78 is 0. The average Bonchev–Trinajstić information content (AvgIpc) is 3.41. The van der Waals surface area contributed by atoms with Crippen LogP contribution in [-0.2, 0) is 16.6 Å². The highest BCUT2D eigenvalue weighted by molar-refractivity contribution is 5.85. The van der Waals surface area contributed by atoms with Crippen LogP contribution in [0, 0.1) is 5.92 Å². The van der Waals surface area contributed by atoms with Gasteiger partial charge in [-0.25, -0.2) is 0 Å². The minimum atomic E-state index is -0.0210. The second-order valence-corrected chi connectivity index (χ2v) is 7.76. The van der Waals surface area contributed by atoms with Gasteiger partial charge in [0.25, 0.3) is 0 Å². The van der Waals surface area contributed by atoms with Gasteiger partial charge in [-0.3, -0.25) is 4.79 Å². The summed E-state index contributed by atoms with van der Waals surface area (Å²) in [5, 5.41) is 12.5. The van der Waals surface area contributed by atoms with Crippen LogP contribution in [0.2, 0.25) is 0 Å². The van der Waals surface area contributed by atoms with Crippen LogP contribution in [0.15, 0.2) is 54.6 Å². The number of fused-ring (bicyclic) bond motifs is 2. The monoisotopic (exact) mass is 349 g/mol. The molecule has 0 aromatic heterocycles. The average molecular weight is 349 g/mol. The molecule has 2 aliphatic carbocycles. The Hall–Kier alpha value is -2.13. The van der Waals surface area contributed by atoms with Gasteiger partial charge in [0.05, 0.1) is 6.04 Å². The predicted molar refractivity (Wildman–Crippen MR) is 103 cm³/mol. The van der Waals surface area contributed by atoms with Gasteiger partial charge in [-0.15, -0.1) is 0 Å². The van der Waals surface area contributed by atoms with Crippen molar-refractivity contribution < 1.29 is 9.90 Å². The van der Waals surface area contributed by atoms with E-state index in [-0.39, 0.29) is 29.9 Å². The lowest BCUT2D eigenvalue weighted by Crippen LogP contribution is -2.33. The van der Waals surface area contributed by atoms with Crippen LogP contribution in [0.3, 0.4) is 0 Å². The van der Waals surface area contributed by atoms with Gasteiger partial charge in [0, 0.05) is 17.9 Å². The van der Waals surface area contributed by atoms with Gasteiger partial charge in [0.2, 0.25) is 5.91 Å². The molecule has 2 aliphatic rings. The number of hydrogen-bond donors (Lipinski definition) is 2. The maximum Gasteiger partial charge on any atom is 0.224 e. The first-order chi connectivity index (χ1) is 12.7. The van der Waals surface area contributed by atoms with Crippen LogP contribution < -0.4 is 5.32 Å². The third kappa shape index (κ3) is 3.16. The van der Waals surface area contributed by atoms with Crippen molar-refractivity contribution in [2.75, 3.05) is 6.61 Å². The number of carbonyl (C=O) groups is 1. The number of rotatable bonds is 6. The molecule has 3 atom stereocenters. The van der Waals surface area contributed by atoms with E-state index in [2.05, 4.69) is 41.7 Å². The molecular formula is C23H27NO2. The largest absolute Gasteiger partial charge is 0.396 e. The zero-order chi connectivity index (χ0) is 18.0. The summed E-state index contributed by atoms with van der Waals surface area (Å²) in [6.07, 6.45) is 5.86. The molecule has 0 bridgehead atoms. The molecule has 1 spiro atoms. The smallest absolute Gasteiger partial charge is 0.224 e. The standard InChI is InChI=1S/C23H27NO2/c25-15-7-13-21(18-9-2-1-3-10-18)24-22(26)20-16-23(20)14-6-11-17-8-4-5-12-19(17)23/h1-5,8-10,12,20-21,25H,6-7,11,13-16H2,(H,24,26). The summed E-state index contributed by atoms with van der Waals surface area (Å²) in [7, 11) is 0. The summed E-state index contributed by atoms with van der Waals surface area (Å²) in [5.41, 5.74) is 4.01. The SMILES string of the molecule is O=C(NC(CCCO)c1ccccc1)C1CC12CCCc1ccccc12. The topological polar surface area (TPSA) is 49.3 Å². The highest BCUT2D eigenvalue weighted by atomic mass is 16.3. The van der Waals surface area contributed by atoms with Crippen molar-refractivity contribution in [3.05, 3.63) is 71.3 Å². The molecule has 3 nitrogen and oxygen atoms in total. The Morgan fingerprint density at radius 3 is 2.73 bits per heavy atom. The van der Waals surface area contributed by atoms with Crippen LogP contribution in [-0.4, -0.2) is 17.6 Å². The second kappa shape index (κ2) is 7.24. The van der Waals surface area contributed by atoms with Gasteiger partial charge in [-0.1, -0.05) is 54.6 Å². The third-order valence-corrected chi connectivity index (χ3v) is 6.18. The van der Waals surface area contributed by atoms with Crippen molar-refractivity contribution in [1.29, 1.82) is 0 Å². The number of benzene rings is 2. The first-order valence-electron chi connectivity index (χ1n) is 9.79. The molecule has 2 aromatic carbocycles. The number of carbonyl (C=O) groups excluding carboxylic acids is 1. The zero-order valence-corrected chi connectivity index (χ0v) is 15.2. The Kier molecular flexibility index (Phi) is 4.82. The quantitative estimate of drug-likeness (QED) is 0.831. The molecule has 26 heavy (non-hydrogen) atoms. The fourth-order valence-electron chi connectivity index (χ4n) is 4.75. The summed E-state index contributed by atoms with van der Waals surface area (Å²) in [6.45, 7) is 0.153. The summed E-state index contributed by atoms with van der Waals surface area (Å²) in [6, 6.07) is 18.7. The summed E-state index contributed by atoms with van der Waals surface area (Å²) in [4.78, 5) is 13.1. The molecule has 3 unspecified atom stereocenters. The molecule has 4 rings (SSSR count). The van der Waals surface area contributed by atoms with Gasteiger partial charge in [0.1, 0.15) is 0 Å². The van der Waals surface area contributed by atoms with Gasteiger partial charge in [-0.2, -0.15) is 0 Å². The first kappa shape index (κ1) is 17.3. The van der Waals surface area contributed by atoms with Gasteiger partial charge in [0.15, 0.2) is 0 Å². The van der Waals surface area contributed by atoms with E-state index >= 15 is 0 Å². The van der Waals surface area contributed by atoms with Crippen LogP contribution in [0.1, 0.15) is 54.8 Å². The van der Waals surface area contributed by atoms with Crippen LogP contribution in [0.4, 0.5) is 0 Å². The number of amides is 1. The Morgan fingerprint density at radius 1 is 1.15 bits per heavy atom. The molecule has 0 aliphatic heterocycles. The van der Waals surface area contributed by atoms with Crippen LogP contribution in [0.5, 0.6) is 0 Å². The minimum Gasteiger partial charge on any atom is -0.396 e. The van der Waals surface area contributed by atoms with Crippen LogP contribution in [0.25, 0.3) is 0 Å². The van der Waals surface area contributed by atoms with Gasteiger partial charge in [-0.05, 0) is 55.2 Å². The number of hydrogen-bond acceptors (Lipinski definition) is 2. The highest BCUT2D eigenvalue weighted by Gasteiger charge is 2.60. The van der Waals surface area contributed by atoms with E-state index < -0.39 is 0 Å². The molecule has 0 saturated heterocycles. The number of nitrogens with one attached hydrogen (secondary N) is 1. The Balaban J connectivity index is 1.50. The summed E-state index contributed by atoms with van der Waals surface area (Å²) in [5.74, 6) is 0.262. The predicted octanol–water partition coefficient (Wildman–Crippen LogP) is 3.91. The second-order valence-electron chi connectivity index (χ2n) is 7.76. The van der Waals surface area contributed by atoms with E-state index in [1.165, 1.54) is 17.5 Å². The maximum absolute atomic E-state index is 13.1. The molecule has 1 amide bonds. The molecule has 2 aromatic rings. The van der Waals surface area contributed by atoms with Crippen molar-refractivity contribution in [3.8, 4) is 0 Å². The number of aryl methyl sites for hydroxylation is 1. The summed E-state index contributed by atoms with van der Waals surface area (Å²) >= 11 is 0. The molecule has 2 N–H and O–H groups in total. The van der Waals surface area contributed by atoms with Gasteiger partial charge >= 0.3 is 0 Å². The maximum atomic E-state index is 13.1. The van der Waals surface area contributed by atoms with Crippen molar-refractivity contribution in [3.63, 3.8) is 0 Å². The van der Waals surface area contributed by atoms with Crippen LogP contribution >= 0.6 is 0 Å². The number of aliphatic hydroxyl groups excluding tert-OH is 1. The lowest BCUT2D eigenvalue weighted by atomic mass is 9.78. The van der Waals surface area contributed by atoms with Crippen molar-refractivity contribution in [1.82, 2.24) is 5.32 Å². The van der Waals surface area contributed by atoms with E-state index in [1.807, 2.05) is 18.2 Å². The van der Waals surface area contributed by atoms with Gasteiger partial charge < -0.3 is 10.4 Å². The van der Waals surface area contributed by atoms with E-state index in [4.69, 9.17) is 0 Å². The highest BCUT2D eigenvalue weighted by Crippen LogP contribution is 2.60. The molecule has 3 heteroatoms. The van der Waals surface area contributed by atoms with E-state index in [0.717, 1.165) is 31.2 Å². The lowest BCUT2D eigenvalue weighted by Gasteiger charge is -2.27. The van der Waals surface area contributed by atoms with Crippen molar-refractivity contribution >= 4 is 5.91 Å². The molecule has 1 fully saturated rings. The van der Waals surface area contributed by atoms with E-state index in [1.54, 1.807) is 0 Å². The normalized spacial score (nSPS) is 24.7. The fraction of sp³-hybridized carbons (Fsp3) is 0.435. The lowest BCUT2D eigenvalue weighted by molar-refractivity contribution is -0.123. The molecule has 0 radical (unpaired) electrons. The molecule has 0 heterocycles. The molecular weight excluding hydrogens is 322 g/mol. The zero-order valence-electron chi connectivity index (χ0n) is 15.2. The minimum absolute atomic E-state index is 0.0210. The fourth-order valence-corrected chi connectivity index (χ4v) is 4.75. The Bertz CT molecular complexity index is 773.